The summed E-state index contributed by atoms with van der Waals surface area (Å²) in [5, 5.41) is 0. The minimum Gasteiger partial charge on any atom is -0.464 e. The molecule has 0 fully saturated rings. The zero-order valence-electron chi connectivity index (χ0n) is 10.9. The standard InChI is InChI=1S/C13H11F3N2O3/c1-20-12(19)10-7-17-11(18-10)6-8-2-4-9(5-3-8)21-13(14,15)16/h2-5,7H,6H2,1H3,(H,17,18). The van der Waals surface area contributed by atoms with Crippen molar-refractivity contribution >= 4 is 5.97 Å². The van der Waals surface area contributed by atoms with Gasteiger partial charge in [-0.15, -0.1) is 13.2 Å². The number of hydrogen-bond acceptors (Lipinski definition) is 4. The van der Waals surface area contributed by atoms with E-state index in [4.69, 9.17) is 0 Å². The minimum atomic E-state index is -4.71. The van der Waals surface area contributed by atoms with Gasteiger partial charge in [0.1, 0.15) is 17.3 Å². The lowest BCUT2D eigenvalue weighted by Gasteiger charge is -2.08. The molecular formula is C13H11F3N2O3. The Hall–Kier alpha value is -2.51. The number of esters is 1. The number of carbonyl (C=O) groups excluding carboxylic acids is 1. The van der Waals surface area contributed by atoms with Crippen LogP contribution in [0.2, 0.25) is 0 Å². The fraction of sp³-hybridized carbons (Fsp3) is 0.231. The minimum absolute atomic E-state index is 0.213. The summed E-state index contributed by atoms with van der Waals surface area (Å²) in [6.07, 6.45) is -3.04. The molecule has 112 valence electrons. The predicted octanol–water partition coefficient (Wildman–Crippen LogP) is 2.69. The summed E-state index contributed by atoms with van der Waals surface area (Å²) in [6, 6.07) is 5.41. The second-order valence-corrected chi connectivity index (χ2v) is 4.10. The number of methoxy groups -OCH3 is 1. The van der Waals surface area contributed by atoms with Crippen molar-refractivity contribution in [3.63, 3.8) is 0 Å². The fourth-order valence-corrected chi connectivity index (χ4v) is 1.67. The zero-order valence-corrected chi connectivity index (χ0v) is 10.9. The third kappa shape index (κ3) is 4.23. The van der Waals surface area contributed by atoms with Crippen LogP contribution in [0.15, 0.2) is 30.5 Å². The van der Waals surface area contributed by atoms with Crippen LogP contribution in [0.3, 0.4) is 0 Å². The number of rotatable bonds is 4. The van der Waals surface area contributed by atoms with Gasteiger partial charge in [-0.2, -0.15) is 0 Å². The number of aromatic nitrogens is 2. The van der Waals surface area contributed by atoms with Gasteiger partial charge in [-0.05, 0) is 17.7 Å². The summed E-state index contributed by atoms with van der Waals surface area (Å²) in [4.78, 5) is 18.0. The van der Waals surface area contributed by atoms with Crippen molar-refractivity contribution < 1.29 is 27.4 Å². The van der Waals surface area contributed by atoms with Crippen LogP contribution >= 0.6 is 0 Å². The largest absolute Gasteiger partial charge is 0.573 e. The van der Waals surface area contributed by atoms with Gasteiger partial charge in [-0.1, -0.05) is 12.1 Å². The molecule has 0 radical (unpaired) electrons. The average molecular weight is 300 g/mol. The molecule has 0 saturated heterocycles. The number of alkyl halides is 3. The molecule has 8 heteroatoms. The molecule has 0 spiro atoms. The number of nitrogens with one attached hydrogen (secondary N) is 1. The average Bonchev–Trinajstić information content (AvgIpc) is 2.87. The Morgan fingerprint density at radius 1 is 1.29 bits per heavy atom. The Morgan fingerprint density at radius 2 is 1.95 bits per heavy atom. The van der Waals surface area contributed by atoms with Crippen LogP contribution in [0.25, 0.3) is 0 Å². The van der Waals surface area contributed by atoms with Crippen molar-refractivity contribution in [2.75, 3.05) is 7.11 Å². The van der Waals surface area contributed by atoms with Crippen LogP contribution in [0, 0.1) is 0 Å². The molecule has 0 amide bonds. The van der Waals surface area contributed by atoms with E-state index in [1.807, 2.05) is 0 Å². The van der Waals surface area contributed by atoms with Crippen molar-refractivity contribution in [2.24, 2.45) is 0 Å². The Bertz CT molecular complexity index is 620. The van der Waals surface area contributed by atoms with Crippen molar-refractivity contribution in [1.82, 2.24) is 9.97 Å². The van der Waals surface area contributed by atoms with Gasteiger partial charge in [0.05, 0.1) is 13.3 Å². The van der Waals surface area contributed by atoms with E-state index in [9.17, 15) is 18.0 Å². The summed E-state index contributed by atoms with van der Waals surface area (Å²) >= 11 is 0. The number of hydrogen-bond donors (Lipinski definition) is 1. The molecule has 1 aromatic heterocycles. The predicted molar refractivity (Wildman–Crippen MR) is 65.9 cm³/mol. The molecular weight excluding hydrogens is 289 g/mol. The second kappa shape index (κ2) is 5.86. The third-order valence-corrected chi connectivity index (χ3v) is 2.56. The van der Waals surface area contributed by atoms with Gasteiger partial charge in [-0.25, -0.2) is 9.78 Å². The van der Waals surface area contributed by atoms with E-state index in [0.717, 1.165) is 5.56 Å². The lowest BCUT2D eigenvalue weighted by atomic mass is 10.1. The van der Waals surface area contributed by atoms with Crippen LogP contribution in [0.1, 0.15) is 21.9 Å². The number of carbonyl (C=O) groups is 1. The van der Waals surface area contributed by atoms with Crippen LogP contribution < -0.4 is 4.74 Å². The molecule has 0 saturated carbocycles. The lowest BCUT2D eigenvalue weighted by Crippen LogP contribution is -2.17. The number of aromatic amines is 1. The monoisotopic (exact) mass is 300 g/mol. The van der Waals surface area contributed by atoms with Gasteiger partial charge < -0.3 is 14.5 Å². The normalized spacial score (nSPS) is 11.2. The number of halogens is 3. The summed E-state index contributed by atoms with van der Waals surface area (Å²) in [5.41, 5.74) is 0.930. The van der Waals surface area contributed by atoms with Gasteiger partial charge in [0.15, 0.2) is 0 Å². The smallest absolute Gasteiger partial charge is 0.464 e. The van der Waals surface area contributed by atoms with E-state index < -0.39 is 12.3 Å². The van der Waals surface area contributed by atoms with Crippen LogP contribution in [-0.2, 0) is 11.2 Å². The molecule has 0 atom stereocenters. The maximum Gasteiger partial charge on any atom is 0.573 e. The van der Waals surface area contributed by atoms with E-state index in [1.54, 1.807) is 0 Å². The van der Waals surface area contributed by atoms with Gasteiger partial charge in [-0.3, -0.25) is 0 Å². The molecule has 0 aliphatic carbocycles. The van der Waals surface area contributed by atoms with Crippen LogP contribution in [0.4, 0.5) is 13.2 Å². The van der Waals surface area contributed by atoms with Crippen molar-refractivity contribution in [3.8, 4) is 5.75 Å². The third-order valence-electron chi connectivity index (χ3n) is 2.56. The number of ether oxygens (including phenoxy) is 2. The van der Waals surface area contributed by atoms with Crippen LogP contribution in [0.5, 0.6) is 5.75 Å². The number of imidazole rings is 1. The quantitative estimate of drug-likeness (QED) is 0.882. The maximum atomic E-state index is 12.0. The zero-order chi connectivity index (χ0) is 15.5. The van der Waals surface area contributed by atoms with Crippen molar-refractivity contribution in [2.45, 2.75) is 12.8 Å². The van der Waals surface area contributed by atoms with Crippen LogP contribution in [-0.4, -0.2) is 29.4 Å². The number of benzene rings is 1. The summed E-state index contributed by atoms with van der Waals surface area (Å²) in [7, 11) is 1.25. The Balaban J connectivity index is 2.03. The molecule has 1 N–H and O–H groups in total. The highest BCUT2D eigenvalue weighted by atomic mass is 19.4. The highest BCUT2D eigenvalue weighted by Gasteiger charge is 2.30. The van der Waals surface area contributed by atoms with E-state index in [0.29, 0.717) is 12.2 Å². The highest BCUT2D eigenvalue weighted by Crippen LogP contribution is 2.23. The molecule has 0 unspecified atom stereocenters. The number of H-pyrrole nitrogens is 1. The highest BCUT2D eigenvalue weighted by molar-refractivity contribution is 5.86. The maximum absolute atomic E-state index is 12.0. The van der Waals surface area contributed by atoms with E-state index in [-0.39, 0.29) is 11.4 Å². The molecule has 2 rings (SSSR count). The molecule has 0 aliphatic rings. The first-order valence-corrected chi connectivity index (χ1v) is 5.84. The molecule has 21 heavy (non-hydrogen) atoms. The summed E-state index contributed by atoms with van der Waals surface area (Å²) < 4.78 is 44.4. The lowest BCUT2D eigenvalue weighted by molar-refractivity contribution is -0.274. The Kier molecular flexibility index (Phi) is 4.15. The molecule has 2 aromatic rings. The molecule has 5 nitrogen and oxygen atoms in total. The van der Waals surface area contributed by atoms with Gasteiger partial charge in [0.2, 0.25) is 0 Å². The molecule has 1 heterocycles. The Morgan fingerprint density at radius 3 is 2.52 bits per heavy atom. The SMILES string of the molecule is COC(=O)c1cnc(Cc2ccc(OC(F)(F)F)cc2)[nH]1. The van der Waals surface area contributed by atoms with Crippen molar-refractivity contribution in [3.05, 3.63) is 47.5 Å². The van der Waals surface area contributed by atoms with Gasteiger partial charge in [0.25, 0.3) is 0 Å². The second-order valence-electron chi connectivity index (χ2n) is 4.10. The van der Waals surface area contributed by atoms with E-state index in [1.165, 1.54) is 37.6 Å². The summed E-state index contributed by atoms with van der Waals surface area (Å²) in [5.74, 6) is -0.330. The van der Waals surface area contributed by atoms with Crippen molar-refractivity contribution in [1.29, 1.82) is 0 Å². The molecule has 1 aromatic carbocycles. The molecule has 0 aliphatic heterocycles. The van der Waals surface area contributed by atoms with E-state index in [2.05, 4.69) is 19.4 Å². The number of nitrogens with zero attached hydrogens (tertiary/aromatic N) is 1. The topological polar surface area (TPSA) is 64.2 Å². The Labute approximate surface area is 117 Å². The summed E-state index contributed by atoms with van der Waals surface area (Å²) in [6.45, 7) is 0. The first-order valence-electron chi connectivity index (χ1n) is 5.84. The molecule has 0 bridgehead atoms. The fourth-order valence-electron chi connectivity index (χ4n) is 1.67. The van der Waals surface area contributed by atoms with E-state index >= 15 is 0 Å². The first-order chi connectivity index (χ1) is 9.87. The first kappa shape index (κ1) is 14.9. The van der Waals surface area contributed by atoms with Gasteiger partial charge in [0, 0.05) is 6.42 Å². The van der Waals surface area contributed by atoms with Gasteiger partial charge >= 0.3 is 12.3 Å².